The van der Waals surface area contributed by atoms with Crippen molar-refractivity contribution < 1.29 is 4.42 Å². The molecule has 0 amide bonds. The molecule has 3 nitrogen and oxygen atoms in total. The summed E-state index contributed by atoms with van der Waals surface area (Å²) in [4.78, 5) is 9.49. The second-order valence-corrected chi connectivity index (χ2v) is 9.28. The minimum atomic E-state index is -0.145. The maximum Gasteiger partial charge on any atom is 0.145 e. The Bertz CT molecular complexity index is 1540. The zero-order chi connectivity index (χ0) is 21.5. The number of hydrogen-bond acceptors (Lipinski definition) is 3. The van der Waals surface area contributed by atoms with Crippen molar-refractivity contribution in [3.63, 3.8) is 0 Å². The van der Waals surface area contributed by atoms with Crippen LogP contribution in [0.4, 0.5) is 0 Å². The molecule has 0 bridgehead atoms. The molecule has 0 atom stereocenters. The van der Waals surface area contributed by atoms with E-state index in [1.54, 1.807) is 0 Å². The van der Waals surface area contributed by atoms with Crippen LogP contribution in [0.3, 0.4) is 0 Å². The Morgan fingerprint density at radius 1 is 0.774 bits per heavy atom. The van der Waals surface area contributed by atoms with Crippen LogP contribution in [0.25, 0.3) is 44.3 Å². The van der Waals surface area contributed by atoms with Gasteiger partial charge < -0.3 is 4.42 Å². The molecule has 3 heteroatoms. The molecule has 0 N–H and O–H groups in total. The van der Waals surface area contributed by atoms with Crippen LogP contribution < -0.4 is 0 Å². The van der Waals surface area contributed by atoms with Gasteiger partial charge in [-0.15, -0.1) is 0 Å². The summed E-state index contributed by atoms with van der Waals surface area (Å²) < 4.78 is 6.71. The normalized spacial score (nSPS) is 14.2. The number of aryl methyl sites for hydroxylation is 3. The quantitative estimate of drug-likeness (QED) is 0.295. The Hall–Kier alpha value is -3.46. The predicted molar refractivity (Wildman–Crippen MR) is 127 cm³/mol. The van der Waals surface area contributed by atoms with Crippen molar-refractivity contribution in [3.8, 4) is 22.4 Å². The van der Waals surface area contributed by atoms with E-state index in [-0.39, 0.29) is 5.41 Å². The average Bonchev–Trinajstić information content (AvgIpc) is 3.23. The van der Waals surface area contributed by atoms with Crippen LogP contribution in [0.1, 0.15) is 41.8 Å². The standard InChI is InChI=1S/C28H24N2O/c1-15-8-9-18-19-10-11-21-24(20-7-6-12-29-27(20)28(21,4)5)26(19)31-25(18)23(15)22-13-16(2)17(3)14-30-22/h6-14H,1-5H3. The number of pyridine rings is 2. The topological polar surface area (TPSA) is 38.9 Å². The van der Waals surface area contributed by atoms with Crippen molar-refractivity contribution >= 4 is 21.9 Å². The van der Waals surface area contributed by atoms with Gasteiger partial charge >= 0.3 is 0 Å². The minimum Gasteiger partial charge on any atom is -0.455 e. The third-order valence-corrected chi connectivity index (χ3v) is 6.99. The summed E-state index contributed by atoms with van der Waals surface area (Å²) >= 11 is 0. The van der Waals surface area contributed by atoms with Gasteiger partial charge in [-0.3, -0.25) is 9.97 Å². The molecule has 0 saturated carbocycles. The van der Waals surface area contributed by atoms with Gasteiger partial charge in [-0.05, 0) is 55.2 Å². The molecule has 1 aliphatic carbocycles. The highest BCUT2D eigenvalue weighted by atomic mass is 16.3. The lowest BCUT2D eigenvalue weighted by Gasteiger charge is -2.19. The first kappa shape index (κ1) is 18.3. The first-order valence-electron chi connectivity index (χ1n) is 10.8. The van der Waals surface area contributed by atoms with Gasteiger partial charge in [0.15, 0.2) is 0 Å². The smallest absolute Gasteiger partial charge is 0.145 e. The maximum absolute atomic E-state index is 6.71. The molecule has 0 fully saturated rings. The molecule has 1 aliphatic rings. The van der Waals surface area contributed by atoms with Crippen molar-refractivity contribution in [1.29, 1.82) is 0 Å². The van der Waals surface area contributed by atoms with Crippen molar-refractivity contribution in [2.24, 2.45) is 0 Å². The summed E-state index contributed by atoms with van der Waals surface area (Å²) in [6.07, 6.45) is 3.84. The van der Waals surface area contributed by atoms with E-state index < -0.39 is 0 Å². The SMILES string of the molecule is Cc1cnc(-c2c(C)ccc3c2oc2c4c(ccc23)C(C)(C)c2ncccc2-4)cc1C. The average molecular weight is 405 g/mol. The first-order valence-corrected chi connectivity index (χ1v) is 10.8. The van der Waals surface area contributed by atoms with Gasteiger partial charge in [0.2, 0.25) is 0 Å². The largest absolute Gasteiger partial charge is 0.455 e. The van der Waals surface area contributed by atoms with E-state index in [9.17, 15) is 0 Å². The molecule has 6 rings (SSSR count). The Kier molecular flexibility index (Phi) is 3.57. The first-order chi connectivity index (χ1) is 14.9. The van der Waals surface area contributed by atoms with Crippen LogP contribution in [0.15, 0.2) is 59.3 Å². The molecule has 0 saturated heterocycles. The van der Waals surface area contributed by atoms with Crippen molar-refractivity contribution in [3.05, 3.63) is 82.8 Å². The fraction of sp³-hybridized carbons (Fsp3) is 0.214. The third-order valence-electron chi connectivity index (χ3n) is 6.99. The maximum atomic E-state index is 6.71. The van der Waals surface area contributed by atoms with E-state index in [2.05, 4.69) is 71.0 Å². The van der Waals surface area contributed by atoms with Crippen molar-refractivity contribution in [2.45, 2.75) is 40.0 Å². The van der Waals surface area contributed by atoms with E-state index >= 15 is 0 Å². The molecule has 3 aromatic heterocycles. The fourth-order valence-electron chi connectivity index (χ4n) is 5.10. The van der Waals surface area contributed by atoms with Crippen LogP contribution in [-0.2, 0) is 5.41 Å². The van der Waals surface area contributed by atoms with E-state index in [0.717, 1.165) is 38.9 Å². The fourth-order valence-corrected chi connectivity index (χ4v) is 5.10. The molecule has 2 aromatic carbocycles. The molecule has 0 aliphatic heterocycles. The highest BCUT2D eigenvalue weighted by molar-refractivity contribution is 6.14. The lowest BCUT2D eigenvalue weighted by molar-refractivity contribution is 0.634. The van der Waals surface area contributed by atoms with E-state index in [4.69, 9.17) is 14.4 Å². The van der Waals surface area contributed by atoms with Gasteiger partial charge in [0.25, 0.3) is 0 Å². The van der Waals surface area contributed by atoms with Crippen molar-refractivity contribution in [1.82, 2.24) is 9.97 Å². The Balaban J connectivity index is 1.74. The van der Waals surface area contributed by atoms with Gasteiger partial charge in [0, 0.05) is 45.3 Å². The van der Waals surface area contributed by atoms with Crippen LogP contribution in [0.2, 0.25) is 0 Å². The van der Waals surface area contributed by atoms with Gasteiger partial charge in [-0.1, -0.05) is 44.2 Å². The molecule has 31 heavy (non-hydrogen) atoms. The number of furan rings is 1. The Morgan fingerprint density at radius 2 is 1.52 bits per heavy atom. The lowest BCUT2D eigenvalue weighted by atomic mass is 9.85. The van der Waals surface area contributed by atoms with Crippen LogP contribution in [-0.4, -0.2) is 9.97 Å². The molecule has 0 radical (unpaired) electrons. The Labute approximate surface area is 181 Å². The highest BCUT2D eigenvalue weighted by Crippen LogP contribution is 2.52. The molecule has 5 aromatic rings. The summed E-state index contributed by atoms with van der Waals surface area (Å²) in [5, 5.41) is 2.28. The monoisotopic (exact) mass is 404 g/mol. The predicted octanol–water partition coefficient (Wildman–Crippen LogP) is 7.27. The number of hydrogen-bond donors (Lipinski definition) is 0. The number of rotatable bonds is 1. The summed E-state index contributed by atoms with van der Waals surface area (Å²) in [6, 6.07) is 15.2. The highest BCUT2D eigenvalue weighted by Gasteiger charge is 2.39. The van der Waals surface area contributed by atoms with Gasteiger partial charge in [-0.25, -0.2) is 0 Å². The minimum absolute atomic E-state index is 0.145. The van der Waals surface area contributed by atoms with Crippen LogP contribution in [0, 0.1) is 20.8 Å². The number of benzene rings is 2. The molecule has 152 valence electrons. The van der Waals surface area contributed by atoms with E-state index in [1.165, 1.54) is 33.4 Å². The third kappa shape index (κ3) is 2.35. The molecule has 0 spiro atoms. The molecule has 3 heterocycles. The van der Waals surface area contributed by atoms with Gasteiger partial charge in [0.1, 0.15) is 11.2 Å². The lowest BCUT2D eigenvalue weighted by Crippen LogP contribution is -2.16. The Morgan fingerprint density at radius 3 is 2.29 bits per heavy atom. The summed E-state index contributed by atoms with van der Waals surface area (Å²) in [5.74, 6) is 0. The van der Waals surface area contributed by atoms with Gasteiger partial charge in [0.05, 0.1) is 11.4 Å². The molecular formula is C28H24N2O. The van der Waals surface area contributed by atoms with E-state index in [1.807, 2.05) is 18.5 Å². The summed E-state index contributed by atoms with van der Waals surface area (Å²) in [5.41, 5.74) is 12.1. The van der Waals surface area contributed by atoms with Crippen molar-refractivity contribution in [2.75, 3.05) is 0 Å². The summed E-state index contributed by atoms with van der Waals surface area (Å²) in [6.45, 7) is 10.8. The molecule has 0 unspecified atom stereocenters. The van der Waals surface area contributed by atoms with Crippen LogP contribution >= 0.6 is 0 Å². The zero-order valence-electron chi connectivity index (χ0n) is 18.5. The molecular weight excluding hydrogens is 380 g/mol. The zero-order valence-corrected chi connectivity index (χ0v) is 18.5. The van der Waals surface area contributed by atoms with E-state index in [0.29, 0.717) is 0 Å². The van der Waals surface area contributed by atoms with Crippen LogP contribution in [0.5, 0.6) is 0 Å². The van der Waals surface area contributed by atoms with Gasteiger partial charge in [-0.2, -0.15) is 0 Å². The second kappa shape index (κ2) is 6.04. The summed E-state index contributed by atoms with van der Waals surface area (Å²) in [7, 11) is 0. The number of aromatic nitrogens is 2. The number of fused-ring (bicyclic) bond motifs is 7. The second-order valence-electron chi connectivity index (χ2n) is 9.28. The number of nitrogens with zero attached hydrogens (tertiary/aromatic N) is 2.